The summed E-state index contributed by atoms with van der Waals surface area (Å²) in [5.74, 6) is -0.478. The Balaban J connectivity index is 2.62. The van der Waals surface area contributed by atoms with Gasteiger partial charge in [0, 0.05) is 11.6 Å². The quantitative estimate of drug-likeness (QED) is 0.805. The van der Waals surface area contributed by atoms with Crippen molar-refractivity contribution in [2.75, 3.05) is 6.61 Å². The van der Waals surface area contributed by atoms with Gasteiger partial charge in [0.05, 0.1) is 23.3 Å². The Labute approximate surface area is 159 Å². The molecule has 1 aromatic heterocycles. The molecule has 1 N–H and O–H groups in total. The highest BCUT2D eigenvalue weighted by Gasteiger charge is 2.21. The lowest BCUT2D eigenvalue weighted by Gasteiger charge is -2.20. The summed E-state index contributed by atoms with van der Waals surface area (Å²) in [4.78, 5) is 24.8. The van der Waals surface area contributed by atoms with Gasteiger partial charge in [0.25, 0.3) is 0 Å². The summed E-state index contributed by atoms with van der Waals surface area (Å²) >= 11 is 0. The fourth-order valence-corrected chi connectivity index (χ4v) is 2.50. The molecule has 0 bridgehead atoms. The van der Waals surface area contributed by atoms with Gasteiger partial charge in [-0.15, -0.1) is 0 Å². The molecule has 146 valence electrons. The standard InChI is InChI=1S/C21H27NO5/c1-7-26-18(23)15-12-14(8-10-21(5,6)25)16-9-11-22(17(16)13-15)19(24)27-20(2,3)4/h8-13,25H,7H2,1-6H3. The van der Waals surface area contributed by atoms with E-state index < -0.39 is 23.3 Å². The normalized spacial score (nSPS) is 12.6. The van der Waals surface area contributed by atoms with Gasteiger partial charge in [0.1, 0.15) is 5.60 Å². The van der Waals surface area contributed by atoms with Gasteiger partial charge in [-0.2, -0.15) is 0 Å². The molecule has 0 aliphatic rings. The summed E-state index contributed by atoms with van der Waals surface area (Å²) in [6.45, 7) is 10.7. The zero-order valence-electron chi connectivity index (χ0n) is 16.7. The Hall–Kier alpha value is -2.60. The molecule has 6 heteroatoms. The molecule has 0 unspecified atom stereocenters. The molecule has 0 atom stereocenters. The van der Waals surface area contributed by atoms with Crippen LogP contribution in [0.5, 0.6) is 0 Å². The number of hydrogen-bond acceptors (Lipinski definition) is 5. The van der Waals surface area contributed by atoms with Crippen molar-refractivity contribution in [3.05, 3.63) is 41.6 Å². The minimum atomic E-state index is -1.01. The van der Waals surface area contributed by atoms with Crippen LogP contribution in [0.15, 0.2) is 30.5 Å². The molecule has 2 rings (SSSR count). The average Bonchev–Trinajstić information content (AvgIpc) is 2.94. The number of carbonyl (C=O) groups is 2. The molecule has 2 aromatic rings. The summed E-state index contributed by atoms with van der Waals surface area (Å²) in [5, 5.41) is 10.7. The maximum absolute atomic E-state index is 12.5. The van der Waals surface area contributed by atoms with E-state index in [1.165, 1.54) is 4.57 Å². The minimum Gasteiger partial charge on any atom is -0.462 e. The highest BCUT2D eigenvalue weighted by molar-refractivity contribution is 6.01. The first kappa shape index (κ1) is 20.7. The molecule has 0 radical (unpaired) electrons. The second-order valence-corrected chi connectivity index (χ2v) is 7.87. The molecule has 0 fully saturated rings. The molecule has 0 amide bonds. The SMILES string of the molecule is CCOC(=O)c1cc(C=CC(C)(C)O)c2ccn(C(=O)OC(C)(C)C)c2c1. The molecule has 0 aliphatic carbocycles. The maximum atomic E-state index is 12.5. The number of fused-ring (bicyclic) bond motifs is 1. The third kappa shape index (κ3) is 5.44. The number of aliphatic hydroxyl groups is 1. The summed E-state index contributed by atoms with van der Waals surface area (Å²) in [6.07, 6.45) is 4.43. The fourth-order valence-electron chi connectivity index (χ4n) is 2.50. The third-order valence-electron chi connectivity index (χ3n) is 3.61. The monoisotopic (exact) mass is 373 g/mol. The van der Waals surface area contributed by atoms with Crippen LogP contribution in [-0.2, 0) is 9.47 Å². The second-order valence-electron chi connectivity index (χ2n) is 7.87. The number of nitrogens with zero attached hydrogens (tertiary/aromatic N) is 1. The van der Waals surface area contributed by atoms with Gasteiger partial charge in [-0.3, -0.25) is 4.57 Å². The minimum absolute atomic E-state index is 0.249. The molecule has 0 saturated carbocycles. The highest BCUT2D eigenvalue weighted by atomic mass is 16.6. The first-order valence-electron chi connectivity index (χ1n) is 8.88. The van der Waals surface area contributed by atoms with Crippen LogP contribution in [0.4, 0.5) is 4.79 Å². The van der Waals surface area contributed by atoms with Crippen LogP contribution in [0.25, 0.3) is 17.0 Å². The van der Waals surface area contributed by atoms with Crippen LogP contribution >= 0.6 is 0 Å². The van der Waals surface area contributed by atoms with Crippen molar-refractivity contribution in [3.63, 3.8) is 0 Å². The average molecular weight is 373 g/mol. The number of ether oxygens (including phenoxy) is 2. The topological polar surface area (TPSA) is 77.8 Å². The molecule has 1 aromatic carbocycles. The Bertz CT molecular complexity index is 878. The Morgan fingerprint density at radius 1 is 1.19 bits per heavy atom. The van der Waals surface area contributed by atoms with Gasteiger partial charge in [0.15, 0.2) is 0 Å². The predicted octanol–water partition coefficient (Wildman–Crippen LogP) is 4.39. The summed E-state index contributed by atoms with van der Waals surface area (Å²) < 4.78 is 11.9. The molecule has 27 heavy (non-hydrogen) atoms. The smallest absolute Gasteiger partial charge is 0.418 e. The first-order chi connectivity index (χ1) is 12.4. The number of esters is 1. The third-order valence-corrected chi connectivity index (χ3v) is 3.61. The van der Waals surface area contributed by atoms with Crippen LogP contribution in [0.2, 0.25) is 0 Å². The van der Waals surface area contributed by atoms with E-state index in [0.717, 1.165) is 5.39 Å². The lowest BCUT2D eigenvalue weighted by Crippen LogP contribution is -2.26. The van der Waals surface area contributed by atoms with E-state index in [2.05, 4.69) is 0 Å². The first-order valence-corrected chi connectivity index (χ1v) is 8.88. The van der Waals surface area contributed by atoms with Crippen molar-refractivity contribution in [2.24, 2.45) is 0 Å². The van der Waals surface area contributed by atoms with E-state index in [1.807, 2.05) is 0 Å². The molecular weight excluding hydrogens is 346 g/mol. The van der Waals surface area contributed by atoms with Gasteiger partial charge in [-0.05, 0) is 65.3 Å². The van der Waals surface area contributed by atoms with Gasteiger partial charge < -0.3 is 14.6 Å². The molecule has 1 heterocycles. The second kappa shape index (κ2) is 7.56. The van der Waals surface area contributed by atoms with E-state index in [-0.39, 0.29) is 6.61 Å². The van der Waals surface area contributed by atoms with Crippen molar-refractivity contribution in [2.45, 2.75) is 52.7 Å². The Morgan fingerprint density at radius 3 is 2.41 bits per heavy atom. The zero-order chi connectivity index (χ0) is 20.4. The summed E-state index contributed by atoms with van der Waals surface area (Å²) in [5.41, 5.74) is -0.107. The Morgan fingerprint density at radius 2 is 1.85 bits per heavy atom. The number of carbonyl (C=O) groups excluding carboxylic acids is 2. The lowest BCUT2D eigenvalue weighted by atomic mass is 10.0. The van der Waals surface area contributed by atoms with E-state index in [4.69, 9.17) is 9.47 Å². The number of aromatic nitrogens is 1. The van der Waals surface area contributed by atoms with Crippen LogP contribution in [0.3, 0.4) is 0 Å². The zero-order valence-corrected chi connectivity index (χ0v) is 16.7. The number of rotatable bonds is 4. The van der Waals surface area contributed by atoms with Crippen LogP contribution in [-0.4, -0.2) is 39.5 Å². The summed E-state index contributed by atoms with van der Waals surface area (Å²) in [7, 11) is 0. The molecular formula is C21H27NO5. The van der Waals surface area contributed by atoms with E-state index in [0.29, 0.717) is 16.6 Å². The molecule has 0 spiro atoms. The summed E-state index contributed by atoms with van der Waals surface area (Å²) in [6, 6.07) is 5.07. The molecule has 0 saturated heterocycles. The van der Waals surface area contributed by atoms with E-state index >= 15 is 0 Å². The predicted molar refractivity (Wildman–Crippen MR) is 105 cm³/mol. The van der Waals surface area contributed by atoms with Crippen molar-refractivity contribution >= 4 is 29.0 Å². The van der Waals surface area contributed by atoms with E-state index in [1.54, 1.807) is 78.1 Å². The van der Waals surface area contributed by atoms with Crippen LogP contribution < -0.4 is 0 Å². The van der Waals surface area contributed by atoms with Crippen molar-refractivity contribution in [1.29, 1.82) is 0 Å². The van der Waals surface area contributed by atoms with Crippen molar-refractivity contribution in [1.82, 2.24) is 4.57 Å². The van der Waals surface area contributed by atoms with Crippen molar-refractivity contribution < 1.29 is 24.2 Å². The number of benzene rings is 1. The van der Waals surface area contributed by atoms with Gasteiger partial charge in [-0.1, -0.05) is 12.2 Å². The largest absolute Gasteiger partial charge is 0.462 e. The van der Waals surface area contributed by atoms with Crippen LogP contribution in [0.1, 0.15) is 57.5 Å². The van der Waals surface area contributed by atoms with Crippen LogP contribution in [0, 0.1) is 0 Å². The molecule has 0 aliphatic heterocycles. The Kier molecular flexibility index (Phi) is 5.80. The van der Waals surface area contributed by atoms with Gasteiger partial charge in [-0.25, -0.2) is 9.59 Å². The molecule has 6 nitrogen and oxygen atoms in total. The number of hydrogen-bond donors (Lipinski definition) is 1. The fraction of sp³-hybridized carbons (Fsp3) is 0.429. The maximum Gasteiger partial charge on any atom is 0.418 e. The van der Waals surface area contributed by atoms with Crippen molar-refractivity contribution in [3.8, 4) is 0 Å². The van der Waals surface area contributed by atoms with E-state index in [9.17, 15) is 14.7 Å². The van der Waals surface area contributed by atoms with Gasteiger partial charge >= 0.3 is 12.1 Å². The lowest BCUT2D eigenvalue weighted by molar-refractivity contribution is 0.0518. The highest BCUT2D eigenvalue weighted by Crippen LogP contribution is 2.26. The van der Waals surface area contributed by atoms with Gasteiger partial charge in [0.2, 0.25) is 0 Å².